The highest BCUT2D eigenvalue weighted by molar-refractivity contribution is 7.91. The third-order valence-corrected chi connectivity index (χ3v) is 6.69. The van der Waals surface area contributed by atoms with E-state index >= 15 is 0 Å². The highest BCUT2D eigenvalue weighted by Gasteiger charge is 2.29. The maximum Gasteiger partial charge on any atom is 0.251 e. The first kappa shape index (κ1) is 17.8. The van der Waals surface area contributed by atoms with Crippen LogP contribution in [0.3, 0.4) is 0 Å². The quantitative estimate of drug-likeness (QED) is 0.878. The van der Waals surface area contributed by atoms with E-state index in [9.17, 15) is 8.42 Å². The molecule has 20 heavy (non-hydrogen) atoms. The molecule has 8 heteroatoms. The van der Waals surface area contributed by atoms with Crippen LogP contribution in [0.2, 0.25) is 0 Å². The summed E-state index contributed by atoms with van der Waals surface area (Å²) in [7, 11) is -3.42. The van der Waals surface area contributed by atoms with Gasteiger partial charge in [-0.1, -0.05) is 6.92 Å². The van der Waals surface area contributed by atoms with Crippen molar-refractivity contribution in [1.82, 2.24) is 15.0 Å². The van der Waals surface area contributed by atoms with Crippen molar-refractivity contribution < 1.29 is 8.42 Å². The molecule has 0 aliphatic carbocycles. The zero-order valence-corrected chi connectivity index (χ0v) is 14.5. The molecule has 1 aromatic rings. The fraction of sp³-hybridized carbons (Fsp3) is 0.750. The van der Waals surface area contributed by atoms with E-state index in [1.165, 1.54) is 11.3 Å². The molecule has 1 aliphatic heterocycles. The van der Waals surface area contributed by atoms with Crippen LogP contribution < -0.4 is 10.0 Å². The second-order valence-corrected chi connectivity index (χ2v) is 8.66. The first-order chi connectivity index (χ1) is 8.82. The number of nitrogens with one attached hydrogen (secondary N) is 2. The number of halogens is 1. The summed E-state index contributed by atoms with van der Waals surface area (Å²) in [4.78, 5) is 4.18. The molecule has 0 atom stereocenters. The molecule has 0 amide bonds. The molecule has 1 saturated heterocycles. The lowest BCUT2D eigenvalue weighted by Gasteiger charge is -2.33. The lowest BCUT2D eigenvalue weighted by Crippen LogP contribution is -2.42. The zero-order chi connectivity index (χ0) is 14.1. The summed E-state index contributed by atoms with van der Waals surface area (Å²) in [5, 5.41) is 4.08. The number of hydrogen-bond donors (Lipinski definition) is 2. The lowest BCUT2D eigenvalue weighted by molar-refractivity contribution is 0.232. The molecule has 2 N–H and O–H groups in total. The number of thiazole rings is 1. The van der Waals surface area contributed by atoms with E-state index in [1.54, 1.807) is 6.92 Å². The molecule has 2 rings (SSSR count). The molecule has 1 aromatic heterocycles. The first-order valence-corrected chi connectivity index (χ1v) is 8.77. The Bertz CT molecular complexity index is 551. The predicted molar refractivity (Wildman–Crippen MR) is 84.2 cm³/mol. The summed E-state index contributed by atoms with van der Waals surface area (Å²) >= 11 is 1.23. The average molecular weight is 340 g/mol. The number of nitrogens with zero attached hydrogens (tertiary/aromatic N) is 1. The topological polar surface area (TPSA) is 71.1 Å². The van der Waals surface area contributed by atoms with Crippen molar-refractivity contribution in [3.05, 3.63) is 10.7 Å². The van der Waals surface area contributed by atoms with Crippen LogP contribution in [0.5, 0.6) is 0 Å². The Balaban J connectivity index is 0.00000200. The van der Waals surface area contributed by atoms with Crippen molar-refractivity contribution in [1.29, 1.82) is 0 Å². The van der Waals surface area contributed by atoms with Crippen LogP contribution in [-0.4, -0.2) is 33.0 Å². The Labute approximate surface area is 131 Å². The van der Waals surface area contributed by atoms with Crippen molar-refractivity contribution in [3.8, 4) is 0 Å². The number of sulfonamides is 1. The molecule has 0 saturated carbocycles. The van der Waals surface area contributed by atoms with Crippen LogP contribution in [0, 0.1) is 19.3 Å². The summed E-state index contributed by atoms with van der Waals surface area (Å²) in [6.07, 6.45) is 1.99. The summed E-state index contributed by atoms with van der Waals surface area (Å²) < 4.78 is 27.7. The molecule has 116 valence electrons. The van der Waals surface area contributed by atoms with Crippen molar-refractivity contribution >= 4 is 33.8 Å². The standard InChI is InChI=1S/C12H21N3O2S2.ClH/c1-9-11(18-10(2)15-9)19(16,17)14-8-12(3)4-6-13-7-5-12;/h13-14H,4-8H2,1-3H3;1H. The second-order valence-electron chi connectivity index (χ2n) is 5.49. The van der Waals surface area contributed by atoms with Crippen LogP contribution in [0.1, 0.15) is 30.5 Å². The molecule has 2 heterocycles. The van der Waals surface area contributed by atoms with Crippen LogP contribution >= 0.6 is 23.7 Å². The Hall–Kier alpha value is -0.210. The SMILES string of the molecule is Cc1nc(C)c(S(=O)(=O)NCC2(C)CCNCC2)s1.Cl. The van der Waals surface area contributed by atoms with Crippen LogP contribution in [-0.2, 0) is 10.0 Å². The van der Waals surface area contributed by atoms with Crippen LogP contribution in [0.15, 0.2) is 4.21 Å². The Morgan fingerprint density at radius 2 is 1.95 bits per heavy atom. The normalized spacial score (nSPS) is 18.6. The summed E-state index contributed by atoms with van der Waals surface area (Å²) in [5.41, 5.74) is 0.636. The highest BCUT2D eigenvalue weighted by Crippen LogP contribution is 2.28. The summed E-state index contributed by atoms with van der Waals surface area (Å²) in [6, 6.07) is 0. The van der Waals surface area contributed by atoms with E-state index in [1.807, 2.05) is 6.92 Å². The Kier molecular flexibility index (Phi) is 5.98. The smallest absolute Gasteiger partial charge is 0.251 e. The van der Waals surface area contributed by atoms with E-state index in [4.69, 9.17) is 0 Å². The molecule has 0 bridgehead atoms. The van der Waals surface area contributed by atoms with Gasteiger partial charge in [0.25, 0.3) is 10.0 Å². The summed E-state index contributed by atoms with van der Waals surface area (Å²) in [5.74, 6) is 0. The van der Waals surface area contributed by atoms with Crippen molar-refractivity contribution in [2.75, 3.05) is 19.6 Å². The van der Waals surface area contributed by atoms with Crippen LogP contribution in [0.4, 0.5) is 0 Å². The number of aryl methyl sites for hydroxylation is 2. The second kappa shape index (κ2) is 6.70. The molecule has 1 fully saturated rings. The van der Waals surface area contributed by atoms with E-state index in [2.05, 4.69) is 21.9 Å². The van der Waals surface area contributed by atoms with Gasteiger partial charge in [-0.05, 0) is 45.2 Å². The van der Waals surface area contributed by atoms with Gasteiger partial charge >= 0.3 is 0 Å². The number of aromatic nitrogens is 1. The number of piperidine rings is 1. The van der Waals surface area contributed by atoms with Gasteiger partial charge < -0.3 is 5.32 Å². The largest absolute Gasteiger partial charge is 0.317 e. The average Bonchev–Trinajstić information content (AvgIpc) is 2.68. The molecule has 0 unspecified atom stereocenters. The van der Waals surface area contributed by atoms with E-state index in [-0.39, 0.29) is 17.8 Å². The number of hydrogen-bond acceptors (Lipinski definition) is 5. The molecule has 0 radical (unpaired) electrons. The van der Waals surface area contributed by atoms with E-state index in [0.717, 1.165) is 30.9 Å². The van der Waals surface area contributed by atoms with Crippen molar-refractivity contribution in [3.63, 3.8) is 0 Å². The third-order valence-electron chi connectivity index (χ3n) is 3.60. The monoisotopic (exact) mass is 339 g/mol. The van der Waals surface area contributed by atoms with Gasteiger partial charge in [-0.15, -0.1) is 23.7 Å². The fourth-order valence-electron chi connectivity index (χ4n) is 2.30. The Morgan fingerprint density at radius 3 is 2.45 bits per heavy atom. The van der Waals surface area contributed by atoms with Gasteiger partial charge in [0.2, 0.25) is 0 Å². The van der Waals surface area contributed by atoms with Gasteiger partial charge in [-0.25, -0.2) is 18.1 Å². The molecule has 0 spiro atoms. The van der Waals surface area contributed by atoms with Crippen LogP contribution in [0.25, 0.3) is 0 Å². The van der Waals surface area contributed by atoms with Gasteiger partial charge in [-0.3, -0.25) is 0 Å². The molecular formula is C12H22ClN3O2S2. The van der Waals surface area contributed by atoms with Gasteiger partial charge in [0, 0.05) is 6.54 Å². The van der Waals surface area contributed by atoms with Crippen molar-refractivity contribution in [2.24, 2.45) is 5.41 Å². The highest BCUT2D eigenvalue weighted by atomic mass is 35.5. The molecule has 1 aliphatic rings. The first-order valence-electron chi connectivity index (χ1n) is 6.47. The van der Waals surface area contributed by atoms with Crippen molar-refractivity contribution in [2.45, 2.75) is 37.8 Å². The third kappa shape index (κ3) is 4.14. The minimum Gasteiger partial charge on any atom is -0.317 e. The Morgan fingerprint density at radius 1 is 1.35 bits per heavy atom. The maximum absolute atomic E-state index is 12.3. The minimum atomic E-state index is -3.42. The van der Waals surface area contributed by atoms with E-state index in [0.29, 0.717) is 16.4 Å². The van der Waals surface area contributed by atoms with Gasteiger partial charge in [0.05, 0.1) is 10.7 Å². The molecular weight excluding hydrogens is 318 g/mol. The number of rotatable bonds is 4. The molecule has 0 aromatic carbocycles. The van der Waals surface area contributed by atoms with Gasteiger partial charge in [0.1, 0.15) is 0 Å². The van der Waals surface area contributed by atoms with Gasteiger partial charge in [0.15, 0.2) is 4.21 Å². The maximum atomic E-state index is 12.3. The predicted octanol–water partition coefficient (Wildman–Crippen LogP) is 1.85. The fourth-order valence-corrected chi connectivity index (χ4v) is 5.03. The molecule has 5 nitrogen and oxygen atoms in total. The van der Waals surface area contributed by atoms with Gasteiger partial charge in [-0.2, -0.15) is 0 Å². The van der Waals surface area contributed by atoms with E-state index < -0.39 is 10.0 Å². The minimum absolute atomic E-state index is 0. The zero-order valence-electron chi connectivity index (χ0n) is 12.0. The summed E-state index contributed by atoms with van der Waals surface area (Å²) in [6.45, 7) is 8.11. The lowest BCUT2D eigenvalue weighted by atomic mass is 9.81.